The fraction of sp³-hybridized carbons (Fsp3) is 0.182. The SMILES string of the molecule is Fc1ccc2c(C3=CCNC3)n[se]c2c1. The summed E-state index contributed by atoms with van der Waals surface area (Å²) in [5, 5.41) is 4.37. The van der Waals surface area contributed by atoms with E-state index in [4.69, 9.17) is 0 Å². The van der Waals surface area contributed by atoms with Crippen LogP contribution in [0.3, 0.4) is 0 Å². The number of halogens is 1. The molecule has 0 saturated heterocycles. The molecular formula is C11H9FN2Se. The van der Waals surface area contributed by atoms with E-state index in [1.165, 1.54) is 11.6 Å². The van der Waals surface area contributed by atoms with Gasteiger partial charge in [-0.25, -0.2) is 0 Å². The van der Waals surface area contributed by atoms with Gasteiger partial charge in [-0.3, -0.25) is 0 Å². The molecule has 0 bridgehead atoms. The van der Waals surface area contributed by atoms with E-state index in [1.807, 2.05) is 6.07 Å². The van der Waals surface area contributed by atoms with Gasteiger partial charge in [0.1, 0.15) is 0 Å². The van der Waals surface area contributed by atoms with Crippen LogP contribution in [0.25, 0.3) is 15.2 Å². The van der Waals surface area contributed by atoms with Crippen molar-refractivity contribution in [2.75, 3.05) is 13.1 Å². The van der Waals surface area contributed by atoms with Crippen LogP contribution < -0.4 is 5.32 Å². The molecule has 0 saturated carbocycles. The number of nitrogens with one attached hydrogen (secondary N) is 1. The van der Waals surface area contributed by atoms with Gasteiger partial charge in [-0.2, -0.15) is 0 Å². The summed E-state index contributed by atoms with van der Waals surface area (Å²) in [5.41, 5.74) is 2.32. The molecule has 1 aliphatic heterocycles. The van der Waals surface area contributed by atoms with Gasteiger partial charge in [0.05, 0.1) is 0 Å². The summed E-state index contributed by atoms with van der Waals surface area (Å²) in [6.07, 6.45) is 2.16. The molecule has 1 N–H and O–H groups in total. The van der Waals surface area contributed by atoms with Gasteiger partial charge >= 0.3 is 92.5 Å². The van der Waals surface area contributed by atoms with Crippen molar-refractivity contribution >= 4 is 30.0 Å². The van der Waals surface area contributed by atoms with Gasteiger partial charge in [0.2, 0.25) is 0 Å². The summed E-state index contributed by atoms with van der Waals surface area (Å²) >= 11 is 0.0518. The molecule has 4 heteroatoms. The molecule has 0 fully saturated rings. The zero-order chi connectivity index (χ0) is 10.3. The van der Waals surface area contributed by atoms with Crippen molar-refractivity contribution in [3.63, 3.8) is 0 Å². The molecule has 15 heavy (non-hydrogen) atoms. The Morgan fingerprint density at radius 3 is 3.13 bits per heavy atom. The Kier molecular flexibility index (Phi) is 2.20. The molecule has 0 radical (unpaired) electrons. The van der Waals surface area contributed by atoms with Crippen molar-refractivity contribution in [1.29, 1.82) is 0 Å². The van der Waals surface area contributed by atoms with Crippen molar-refractivity contribution in [2.24, 2.45) is 0 Å². The number of aromatic nitrogens is 1. The van der Waals surface area contributed by atoms with Gasteiger partial charge in [-0.15, -0.1) is 0 Å². The normalized spacial score (nSPS) is 15.9. The van der Waals surface area contributed by atoms with Crippen LogP contribution in [0, 0.1) is 5.82 Å². The molecule has 1 aliphatic rings. The molecule has 0 amide bonds. The zero-order valence-corrected chi connectivity index (χ0v) is 9.67. The van der Waals surface area contributed by atoms with Gasteiger partial charge in [0, 0.05) is 0 Å². The van der Waals surface area contributed by atoms with Gasteiger partial charge in [-0.05, 0) is 0 Å². The van der Waals surface area contributed by atoms with E-state index in [0.717, 1.165) is 28.4 Å². The van der Waals surface area contributed by atoms with Crippen LogP contribution in [-0.2, 0) is 0 Å². The first-order valence-corrected chi connectivity index (χ1v) is 6.42. The van der Waals surface area contributed by atoms with Gasteiger partial charge in [0.15, 0.2) is 0 Å². The Morgan fingerprint density at radius 1 is 1.40 bits per heavy atom. The number of benzene rings is 1. The molecule has 2 aromatic rings. The standard InChI is InChI=1S/C11H9FN2Se/c12-8-1-2-9-10(5-8)15-14-11(9)7-3-4-13-6-7/h1-3,5,13H,4,6H2. The van der Waals surface area contributed by atoms with E-state index in [-0.39, 0.29) is 20.5 Å². The van der Waals surface area contributed by atoms with Crippen LogP contribution >= 0.6 is 0 Å². The number of fused-ring (bicyclic) bond motifs is 1. The molecule has 2 nitrogen and oxygen atoms in total. The molecule has 3 rings (SSSR count). The molecule has 1 aromatic heterocycles. The van der Waals surface area contributed by atoms with Crippen molar-refractivity contribution in [1.82, 2.24) is 9.30 Å². The summed E-state index contributed by atoms with van der Waals surface area (Å²) in [7, 11) is 0. The first-order valence-electron chi connectivity index (χ1n) is 4.79. The molecule has 0 aliphatic carbocycles. The minimum atomic E-state index is -0.161. The molecule has 0 spiro atoms. The third-order valence-electron chi connectivity index (χ3n) is 2.55. The summed E-state index contributed by atoms with van der Waals surface area (Å²) in [5.74, 6) is -0.161. The second kappa shape index (κ2) is 3.56. The Balaban J connectivity index is 2.19. The van der Waals surface area contributed by atoms with Crippen LogP contribution in [-0.4, -0.2) is 31.8 Å². The number of nitrogens with zero attached hydrogens (tertiary/aromatic N) is 1. The molecule has 1 aromatic carbocycles. The summed E-state index contributed by atoms with van der Waals surface area (Å²) in [6, 6.07) is 4.96. The molecule has 0 atom stereocenters. The third kappa shape index (κ3) is 1.55. The van der Waals surface area contributed by atoms with E-state index in [2.05, 4.69) is 15.4 Å². The molecule has 0 unspecified atom stereocenters. The van der Waals surface area contributed by atoms with E-state index >= 15 is 0 Å². The Hall–Kier alpha value is -0.961. The summed E-state index contributed by atoms with van der Waals surface area (Å²) < 4.78 is 18.6. The van der Waals surface area contributed by atoms with Crippen molar-refractivity contribution in [3.8, 4) is 0 Å². The van der Waals surface area contributed by atoms with Crippen molar-refractivity contribution in [2.45, 2.75) is 0 Å². The van der Waals surface area contributed by atoms with Gasteiger partial charge < -0.3 is 0 Å². The molecule has 76 valence electrons. The topological polar surface area (TPSA) is 24.9 Å². The average molecular weight is 267 g/mol. The summed E-state index contributed by atoms with van der Waals surface area (Å²) in [4.78, 5) is 0. The minimum absolute atomic E-state index is 0.0518. The summed E-state index contributed by atoms with van der Waals surface area (Å²) in [6.45, 7) is 1.80. The molecular weight excluding hydrogens is 258 g/mol. The fourth-order valence-electron chi connectivity index (χ4n) is 1.80. The Bertz CT molecular complexity index is 545. The van der Waals surface area contributed by atoms with Crippen LogP contribution in [0.2, 0.25) is 0 Å². The zero-order valence-electron chi connectivity index (χ0n) is 7.96. The maximum absolute atomic E-state index is 13.0. The van der Waals surface area contributed by atoms with E-state index in [0.29, 0.717) is 0 Å². The molecule has 2 heterocycles. The second-order valence-corrected chi connectivity index (χ2v) is 5.22. The monoisotopic (exact) mass is 268 g/mol. The maximum atomic E-state index is 13.0. The van der Waals surface area contributed by atoms with Crippen molar-refractivity contribution in [3.05, 3.63) is 35.8 Å². The number of rotatable bonds is 1. The van der Waals surface area contributed by atoms with E-state index < -0.39 is 0 Å². The van der Waals surface area contributed by atoms with Crippen molar-refractivity contribution < 1.29 is 4.39 Å². The Morgan fingerprint density at radius 2 is 2.33 bits per heavy atom. The quantitative estimate of drug-likeness (QED) is 0.790. The third-order valence-corrected chi connectivity index (χ3v) is 4.24. The first-order chi connectivity index (χ1) is 7.34. The van der Waals surface area contributed by atoms with E-state index in [1.54, 1.807) is 6.07 Å². The van der Waals surface area contributed by atoms with Crippen LogP contribution in [0.15, 0.2) is 24.3 Å². The van der Waals surface area contributed by atoms with Crippen LogP contribution in [0.4, 0.5) is 4.39 Å². The second-order valence-electron chi connectivity index (χ2n) is 3.53. The Labute approximate surface area is 92.8 Å². The van der Waals surface area contributed by atoms with Gasteiger partial charge in [0.25, 0.3) is 0 Å². The van der Waals surface area contributed by atoms with Gasteiger partial charge in [-0.1, -0.05) is 0 Å². The predicted octanol–water partition coefficient (Wildman–Crippen LogP) is 1.42. The van der Waals surface area contributed by atoms with Crippen LogP contribution in [0.5, 0.6) is 0 Å². The average Bonchev–Trinajstić information content (AvgIpc) is 2.82. The van der Waals surface area contributed by atoms with E-state index in [9.17, 15) is 4.39 Å². The van der Waals surface area contributed by atoms with Crippen LogP contribution in [0.1, 0.15) is 5.69 Å². The predicted molar refractivity (Wildman–Crippen MR) is 59.5 cm³/mol. The first kappa shape index (κ1) is 9.28. The fourth-order valence-corrected chi connectivity index (χ4v) is 3.55. The number of hydrogen-bond donors (Lipinski definition) is 1. The number of hydrogen-bond acceptors (Lipinski definition) is 2.